The number of carbonyl (C=O) groups is 1. The molecule has 0 aliphatic rings. The van der Waals surface area contributed by atoms with E-state index in [0.29, 0.717) is 23.6 Å². The zero-order valence-electron chi connectivity index (χ0n) is 13.9. The minimum absolute atomic E-state index is 0.0387. The molecule has 2 aromatic rings. The van der Waals surface area contributed by atoms with Crippen LogP contribution in [0.5, 0.6) is 5.75 Å². The summed E-state index contributed by atoms with van der Waals surface area (Å²) in [6.45, 7) is 3.74. The van der Waals surface area contributed by atoms with Crippen LogP contribution in [-0.4, -0.2) is 27.1 Å². The van der Waals surface area contributed by atoms with E-state index in [1.54, 1.807) is 18.2 Å². The van der Waals surface area contributed by atoms with Crippen molar-refractivity contribution in [2.24, 2.45) is 5.10 Å². The van der Waals surface area contributed by atoms with Gasteiger partial charge in [-0.3, -0.25) is 4.79 Å². The third-order valence-electron chi connectivity index (χ3n) is 3.08. The van der Waals surface area contributed by atoms with E-state index in [4.69, 9.17) is 4.74 Å². The van der Waals surface area contributed by atoms with Crippen molar-refractivity contribution < 1.29 is 17.9 Å². The summed E-state index contributed by atoms with van der Waals surface area (Å²) >= 11 is 0. The van der Waals surface area contributed by atoms with Gasteiger partial charge in [0.05, 0.1) is 17.7 Å². The van der Waals surface area contributed by atoms with E-state index >= 15 is 0 Å². The fraction of sp³-hybridized carbons (Fsp3) is 0.176. The van der Waals surface area contributed by atoms with Crippen LogP contribution < -0.4 is 14.9 Å². The topological polar surface area (TPSA) is 96.9 Å². The van der Waals surface area contributed by atoms with Crippen LogP contribution in [-0.2, 0) is 14.8 Å². The fourth-order valence-corrected chi connectivity index (χ4v) is 2.80. The Kier molecular flexibility index (Phi) is 6.13. The number of hydrogen-bond acceptors (Lipinski definition) is 5. The second kappa shape index (κ2) is 8.29. The predicted molar refractivity (Wildman–Crippen MR) is 96.3 cm³/mol. The maximum Gasteiger partial charge on any atom is 0.276 e. The average Bonchev–Trinajstić information content (AvgIpc) is 2.56. The molecule has 8 heteroatoms. The first-order valence-corrected chi connectivity index (χ1v) is 9.05. The zero-order valence-corrected chi connectivity index (χ0v) is 14.7. The largest absolute Gasteiger partial charge is 0.493 e. The Labute approximate surface area is 146 Å². The molecule has 0 unspecified atom stereocenters. The number of nitrogens with zero attached hydrogens (tertiary/aromatic N) is 1. The molecule has 7 nitrogen and oxygen atoms in total. The summed E-state index contributed by atoms with van der Waals surface area (Å²) in [4.78, 5) is 13.2. The van der Waals surface area contributed by atoms with Crippen LogP contribution in [0.4, 0.5) is 5.69 Å². The second-order valence-corrected chi connectivity index (χ2v) is 6.69. The van der Waals surface area contributed by atoms with Crippen molar-refractivity contribution >= 4 is 27.8 Å². The molecule has 0 atom stereocenters. The number of hydrazone groups is 1. The summed E-state index contributed by atoms with van der Waals surface area (Å²) in [5.41, 5.74) is 1.17. The molecule has 0 aromatic heterocycles. The van der Waals surface area contributed by atoms with E-state index in [0.717, 1.165) is 0 Å². The van der Waals surface area contributed by atoms with E-state index in [9.17, 15) is 13.2 Å². The molecule has 0 aliphatic carbocycles. The number of para-hydroxylation sites is 1. The van der Waals surface area contributed by atoms with Crippen LogP contribution in [0.15, 0.2) is 58.5 Å². The molecular formula is C17H19N3O4S. The molecule has 0 saturated carbocycles. The second-order valence-electron chi connectivity index (χ2n) is 5.03. The molecule has 0 heterocycles. The molecule has 0 fully saturated rings. The highest BCUT2D eigenvalue weighted by molar-refractivity contribution is 7.89. The van der Waals surface area contributed by atoms with Gasteiger partial charge in [-0.15, -0.1) is 0 Å². The molecule has 25 heavy (non-hydrogen) atoms. The normalized spacial score (nSPS) is 11.3. The van der Waals surface area contributed by atoms with E-state index in [2.05, 4.69) is 15.2 Å². The van der Waals surface area contributed by atoms with Crippen LogP contribution in [0.25, 0.3) is 0 Å². The molecule has 2 aromatic carbocycles. The van der Waals surface area contributed by atoms with Gasteiger partial charge in [-0.05, 0) is 43.3 Å². The van der Waals surface area contributed by atoms with Gasteiger partial charge < -0.3 is 10.1 Å². The Bertz CT molecular complexity index is 862. The van der Waals surface area contributed by atoms with Crippen LogP contribution in [0, 0.1) is 0 Å². The van der Waals surface area contributed by atoms with Gasteiger partial charge in [-0.2, -0.15) is 13.5 Å². The van der Waals surface area contributed by atoms with Crippen molar-refractivity contribution in [1.82, 2.24) is 4.83 Å². The zero-order chi connectivity index (χ0) is 18.3. The third kappa shape index (κ3) is 5.32. The first-order valence-electron chi connectivity index (χ1n) is 7.56. The standard InChI is InChI=1S/C17H19N3O4S/c1-3-24-17-7-5-4-6-14(17)12-18-20-25(22,23)16-10-8-15(9-11-16)19-13(2)21/h4-12,20H,3H2,1-2H3,(H,19,21)/b18-12-. The number of rotatable bonds is 7. The number of carbonyl (C=O) groups excluding carboxylic acids is 1. The molecule has 0 bridgehead atoms. The molecule has 1 amide bonds. The fourth-order valence-electron chi connectivity index (χ4n) is 2.01. The maximum absolute atomic E-state index is 12.2. The minimum atomic E-state index is -3.80. The van der Waals surface area contributed by atoms with Gasteiger partial charge in [0.15, 0.2) is 0 Å². The van der Waals surface area contributed by atoms with Crippen LogP contribution in [0.1, 0.15) is 19.4 Å². The molecule has 2 rings (SSSR count). The Morgan fingerprint density at radius 1 is 1.16 bits per heavy atom. The summed E-state index contributed by atoms with van der Waals surface area (Å²) in [5, 5.41) is 6.36. The van der Waals surface area contributed by atoms with Crippen molar-refractivity contribution in [2.45, 2.75) is 18.7 Å². The summed E-state index contributed by atoms with van der Waals surface area (Å²) in [6, 6.07) is 13.0. The van der Waals surface area contributed by atoms with Gasteiger partial charge in [0.1, 0.15) is 5.75 Å². The lowest BCUT2D eigenvalue weighted by molar-refractivity contribution is -0.114. The van der Waals surface area contributed by atoms with Gasteiger partial charge in [-0.1, -0.05) is 12.1 Å². The molecule has 132 valence electrons. The third-order valence-corrected chi connectivity index (χ3v) is 4.32. The van der Waals surface area contributed by atoms with Gasteiger partial charge in [0.2, 0.25) is 5.91 Å². The number of sulfonamides is 1. The van der Waals surface area contributed by atoms with Crippen molar-refractivity contribution in [3.63, 3.8) is 0 Å². The SMILES string of the molecule is CCOc1ccccc1/C=N\NS(=O)(=O)c1ccc(NC(C)=O)cc1. The van der Waals surface area contributed by atoms with E-state index in [-0.39, 0.29) is 10.8 Å². The van der Waals surface area contributed by atoms with Gasteiger partial charge in [-0.25, -0.2) is 4.83 Å². The van der Waals surface area contributed by atoms with Crippen LogP contribution >= 0.6 is 0 Å². The molecular weight excluding hydrogens is 342 g/mol. The Balaban J connectivity index is 2.10. The lowest BCUT2D eigenvalue weighted by atomic mass is 10.2. The average molecular weight is 361 g/mol. The smallest absolute Gasteiger partial charge is 0.276 e. The highest BCUT2D eigenvalue weighted by Crippen LogP contribution is 2.16. The van der Waals surface area contributed by atoms with Crippen molar-refractivity contribution in [1.29, 1.82) is 0 Å². The quantitative estimate of drug-likeness (QED) is 0.584. The van der Waals surface area contributed by atoms with Crippen LogP contribution in [0.3, 0.4) is 0 Å². The molecule has 0 radical (unpaired) electrons. The Hall–Kier alpha value is -2.87. The molecule has 0 spiro atoms. The van der Waals surface area contributed by atoms with Gasteiger partial charge >= 0.3 is 0 Å². The first kappa shape index (κ1) is 18.5. The van der Waals surface area contributed by atoms with Gasteiger partial charge in [0.25, 0.3) is 10.0 Å². The van der Waals surface area contributed by atoms with E-state index in [1.165, 1.54) is 37.4 Å². The first-order chi connectivity index (χ1) is 11.9. The molecule has 0 saturated heterocycles. The summed E-state index contributed by atoms with van der Waals surface area (Å²) in [7, 11) is -3.80. The molecule has 2 N–H and O–H groups in total. The molecule has 0 aliphatic heterocycles. The highest BCUT2D eigenvalue weighted by atomic mass is 32.2. The summed E-state index contributed by atoms with van der Waals surface area (Å²) in [5.74, 6) is 0.388. The number of anilines is 1. The monoisotopic (exact) mass is 361 g/mol. The van der Waals surface area contributed by atoms with Crippen molar-refractivity contribution in [3.8, 4) is 5.75 Å². The maximum atomic E-state index is 12.2. The van der Waals surface area contributed by atoms with Gasteiger partial charge in [0, 0.05) is 18.2 Å². The van der Waals surface area contributed by atoms with Crippen molar-refractivity contribution in [3.05, 3.63) is 54.1 Å². The predicted octanol–water partition coefficient (Wildman–Crippen LogP) is 2.36. The van der Waals surface area contributed by atoms with E-state index in [1.807, 2.05) is 13.0 Å². The van der Waals surface area contributed by atoms with E-state index < -0.39 is 10.0 Å². The number of amides is 1. The van der Waals surface area contributed by atoms with Crippen LogP contribution in [0.2, 0.25) is 0 Å². The Morgan fingerprint density at radius 3 is 2.48 bits per heavy atom. The lowest BCUT2D eigenvalue weighted by Crippen LogP contribution is -2.18. The number of benzene rings is 2. The number of hydrogen-bond donors (Lipinski definition) is 2. The minimum Gasteiger partial charge on any atom is -0.493 e. The summed E-state index contributed by atoms with van der Waals surface area (Å²) < 4.78 is 29.9. The van der Waals surface area contributed by atoms with Crippen molar-refractivity contribution in [2.75, 3.05) is 11.9 Å². The Morgan fingerprint density at radius 2 is 1.84 bits per heavy atom. The summed E-state index contributed by atoms with van der Waals surface area (Å²) in [6.07, 6.45) is 1.38. The highest BCUT2D eigenvalue weighted by Gasteiger charge is 2.12. The number of nitrogens with one attached hydrogen (secondary N) is 2. The number of ether oxygens (including phenoxy) is 1. The lowest BCUT2D eigenvalue weighted by Gasteiger charge is -2.07.